The molecule has 3 N–H and O–H groups in total. The molecule has 0 saturated carbocycles. The van der Waals surface area contributed by atoms with Crippen LogP contribution in [-0.2, 0) is 0 Å². The molecule has 6 heteroatoms. The molecule has 1 atom stereocenters. The molecular formula is C20H18N2O3S. The van der Waals surface area contributed by atoms with Crippen molar-refractivity contribution in [2.24, 2.45) is 0 Å². The van der Waals surface area contributed by atoms with Crippen LogP contribution in [0.4, 0.5) is 0 Å². The lowest BCUT2D eigenvalue weighted by Gasteiger charge is -2.11. The van der Waals surface area contributed by atoms with E-state index in [9.17, 15) is 9.90 Å². The van der Waals surface area contributed by atoms with Gasteiger partial charge in [0.05, 0.1) is 13.2 Å². The molecule has 2 aromatic heterocycles. The average Bonchev–Trinajstić information content (AvgIpc) is 3.29. The minimum absolute atomic E-state index is 0.151. The van der Waals surface area contributed by atoms with Gasteiger partial charge >= 0.3 is 0 Å². The summed E-state index contributed by atoms with van der Waals surface area (Å²) in [6, 6.07) is 15.3. The minimum atomic E-state index is -0.750. The van der Waals surface area contributed by atoms with E-state index in [0.29, 0.717) is 5.69 Å². The lowest BCUT2D eigenvalue weighted by Crippen LogP contribution is -2.28. The molecule has 5 nitrogen and oxygen atoms in total. The molecule has 0 saturated heterocycles. The smallest absolute Gasteiger partial charge is 0.267 e. The predicted octanol–water partition coefficient (Wildman–Crippen LogP) is 3.85. The highest BCUT2D eigenvalue weighted by Gasteiger charge is 2.16. The second-order valence-electron chi connectivity index (χ2n) is 6.05. The zero-order chi connectivity index (χ0) is 18.1. The Morgan fingerprint density at radius 2 is 2.12 bits per heavy atom. The van der Waals surface area contributed by atoms with Crippen LogP contribution >= 0.6 is 11.3 Å². The molecule has 0 spiro atoms. The number of aromatic nitrogens is 1. The SMILES string of the molecule is COc1ccc2cc(C(=O)NCC(O)c3csc4ccccc34)[nH]c2c1. The lowest BCUT2D eigenvalue weighted by atomic mass is 10.1. The Morgan fingerprint density at radius 3 is 2.96 bits per heavy atom. The van der Waals surface area contributed by atoms with Crippen molar-refractivity contribution in [3.8, 4) is 5.75 Å². The molecule has 4 rings (SSSR count). The maximum Gasteiger partial charge on any atom is 0.267 e. The largest absolute Gasteiger partial charge is 0.497 e. The van der Waals surface area contributed by atoms with E-state index in [4.69, 9.17) is 4.74 Å². The van der Waals surface area contributed by atoms with Crippen LogP contribution < -0.4 is 10.1 Å². The van der Waals surface area contributed by atoms with Gasteiger partial charge in [0.25, 0.3) is 5.91 Å². The van der Waals surface area contributed by atoms with Gasteiger partial charge in [0.1, 0.15) is 11.4 Å². The molecule has 0 bridgehead atoms. The van der Waals surface area contributed by atoms with Crippen LogP contribution in [0.1, 0.15) is 22.2 Å². The maximum absolute atomic E-state index is 12.4. The standard InChI is InChI=1S/C20H18N2O3S/c1-25-13-7-6-12-8-17(22-16(12)9-13)20(24)21-10-18(23)15-11-26-19-5-3-2-4-14(15)19/h2-9,11,18,22-23H,10H2,1H3,(H,21,24). The number of hydrogen-bond donors (Lipinski definition) is 3. The normalized spacial score (nSPS) is 12.4. The summed E-state index contributed by atoms with van der Waals surface area (Å²) in [6.07, 6.45) is -0.750. The van der Waals surface area contributed by atoms with Crippen LogP contribution in [0.15, 0.2) is 53.9 Å². The summed E-state index contributed by atoms with van der Waals surface area (Å²) < 4.78 is 6.32. The number of amides is 1. The predicted molar refractivity (Wildman–Crippen MR) is 104 cm³/mol. The number of nitrogens with one attached hydrogen (secondary N) is 2. The first-order valence-electron chi connectivity index (χ1n) is 8.25. The van der Waals surface area contributed by atoms with Crippen LogP contribution in [0, 0.1) is 0 Å². The number of fused-ring (bicyclic) bond motifs is 2. The fraction of sp³-hybridized carbons (Fsp3) is 0.150. The number of rotatable bonds is 5. The van der Waals surface area contributed by atoms with Crippen molar-refractivity contribution in [2.75, 3.05) is 13.7 Å². The summed E-state index contributed by atoms with van der Waals surface area (Å²) in [6.45, 7) is 0.151. The highest BCUT2D eigenvalue weighted by Crippen LogP contribution is 2.30. The summed E-state index contributed by atoms with van der Waals surface area (Å²) in [4.78, 5) is 15.5. The number of thiophene rings is 1. The molecule has 1 unspecified atom stereocenters. The molecule has 0 aliphatic rings. The first-order chi connectivity index (χ1) is 12.7. The molecular weight excluding hydrogens is 348 g/mol. The van der Waals surface area contributed by atoms with E-state index in [2.05, 4.69) is 10.3 Å². The van der Waals surface area contributed by atoms with Gasteiger partial charge < -0.3 is 20.1 Å². The fourth-order valence-corrected chi connectivity index (χ4v) is 4.01. The molecule has 2 aromatic carbocycles. The zero-order valence-electron chi connectivity index (χ0n) is 14.2. The van der Waals surface area contributed by atoms with E-state index < -0.39 is 6.10 Å². The van der Waals surface area contributed by atoms with Gasteiger partial charge in [0.2, 0.25) is 0 Å². The lowest BCUT2D eigenvalue weighted by molar-refractivity contribution is 0.0913. The highest BCUT2D eigenvalue weighted by molar-refractivity contribution is 7.17. The number of aliphatic hydroxyl groups is 1. The number of aliphatic hydroxyl groups excluding tert-OH is 1. The number of ether oxygens (including phenoxy) is 1. The number of hydrogen-bond acceptors (Lipinski definition) is 4. The van der Waals surface area contributed by atoms with Gasteiger partial charge in [0, 0.05) is 33.8 Å². The first kappa shape index (κ1) is 16.6. The van der Waals surface area contributed by atoms with E-state index in [0.717, 1.165) is 32.3 Å². The van der Waals surface area contributed by atoms with Crippen LogP contribution in [-0.4, -0.2) is 29.7 Å². The van der Waals surface area contributed by atoms with Gasteiger partial charge in [-0.15, -0.1) is 11.3 Å². The monoisotopic (exact) mass is 366 g/mol. The Bertz CT molecular complexity index is 1080. The van der Waals surface area contributed by atoms with E-state index >= 15 is 0 Å². The molecule has 2 heterocycles. The number of carbonyl (C=O) groups is 1. The summed E-state index contributed by atoms with van der Waals surface area (Å²) in [5.41, 5.74) is 2.13. The third kappa shape index (κ3) is 3.05. The van der Waals surface area contributed by atoms with Crippen LogP contribution in [0.2, 0.25) is 0 Å². The highest BCUT2D eigenvalue weighted by atomic mass is 32.1. The van der Waals surface area contributed by atoms with Gasteiger partial charge in [-0.05, 0) is 35.0 Å². The van der Waals surface area contributed by atoms with Crippen molar-refractivity contribution in [2.45, 2.75) is 6.10 Å². The van der Waals surface area contributed by atoms with Gasteiger partial charge in [-0.3, -0.25) is 4.79 Å². The number of H-pyrrole nitrogens is 1. The Balaban J connectivity index is 1.48. The van der Waals surface area contributed by atoms with Gasteiger partial charge in [-0.25, -0.2) is 0 Å². The Morgan fingerprint density at radius 1 is 1.27 bits per heavy atom. The second-order valence-corrected chi connectivity index (χ2v) is 6.96. The molecule has 26 heavy (non-hydrogen) atoms. The molecule has 0 fully saturated rings. The van der Waals surface area contributed by atoms with Crippen molar-refractivity contribution in [3.05, 3.63) is 65.2 Å². The van der Waals surface area contributed by atoms with Gasteiger partial charge in [0.15, 0.2) is 0 Å². The second kappa shape index (κ2) is 6.82. The van der Waals surface area contributed by atoms with Gasteiger partial charge in [-0.2, -0.15) is 0 Å². The fourth-order valence-electron chi connectivity index (χ4n) is 3.01. The van der Waals surface area contributed by atoms with E-state index in [1.165, 1.54) is 0 Å². The number of aromatic amines is 1. The van der Waals surface area contributed by atoms with Crippen molar-refractivity contribution in [1.29, 1.82) is 0 Å². The Kier molecular flexibility index (Phi) is 4.36. The van der Waals surface area contributed by atoms with Crippen molar-refractivity contribution < 1.29 is 14.6 Å². The summed E-state index contributed by atoms with van der Waals surface area (Å²) in [5, 5.41) is 17.2. The molecule has 0 aliphatic carbocycles. The quantitative estimate of drug-likeness (QED) is 0.502. The topological polar surface area (TPSA) is 74.3 Å². The van der Waals surface area contributed by atoms with Crippen molar-refractivity contribution in [1.82, 2.24) is 10.3 Å². The third-order valence-electron chi connectivity index (χ3n) is 4.40. The third-order valence-corrected chi connectivity index (χ3v) is 5.38. The Labute approximate surface area is 154 Å². The van der Waals surface area contributed by atoms with E-state index in [-0.39, 0.29) is 12.5 Å². The number of benzene rings is 2. The summed E-state index contributed by atoms with van der Waals surface area (Å²) in [5.74, 6) is 0.477. The summed E-state index contributed by atoms with van der Waals surface area (Å²) >= 11 is 1.59. The van der Waals surface area contributed by atoms with Crippen LogP contribution in [0.5, 0.6) is 5.75 Å². The van der Waals surface area contributed by atoms with Crippen LogP contribution in [0.3, 0.4) is 0 Å². The molecule has 132 valence electrons. The maximum atomic E-state index is 12.4. The summed E-state index contributed by atoms with van der Waals surface area (Å²) in [7, 11) is 1.60. The number of methoxy groups -OCH3 is 1. The first-order valence-corrected chi connectivity index (χ1v) is 9.13. The molecule has 1 amide bonds. The minimum Gasteiger partial charge on any atom is -0.497 e. The van der Waals surface area contributed by atoms with Gasteiger partial charge in [-0.1, -0.05) is 18.2 Å². The molecule has 4 aromatic rings. The van der Waals surface area contributed by atoms with Crippen LogP contribution in [0.25, 0.3) is 21.0 Å². The Hall–Kier alpha value is -2.83. The van der Waals surface area contributed by atoms with E-state index in [1.807, 2.05) is 47.8 Å². The molecule has 0 radical (unpaired) electrons. The van der Waals surface area contributed by atoms with E-state index in [1.54, 1.807) is 24.5 Å². The molecule has 0 aliphatic heterocycles. The zero-order valence-corrected chi connectivity index (χ0v) is 15.0. The van der Waals surface area contributed by atoms with Crippen molar-refractivity contribution >= 4 is 38.2 Å². The number of carbonyl (C=O) groups excluding carboxylic acids is 1. The average molecular weight is 366 g/mol. The van der Waals surface area contributed by atoms with Crippen molar-refractivity contribution in [3.63, 3.8) is 0 Å².